The van der Waals surface area contributed by atoms with Gasteiger partial charge < -0.3 is 14.6 Å². The summed E-state index contributed by atoms with van der Waals surface area (Å²) in [4.78, 5) is 24.8. The van der Waals surface area contributed by atoms with Gasteiger partial charge in [0.05, 0.1) is 6.54 Å². The zero-order valence-electron chi connectivity index (χ0n) is 9.83. The fourth-order valence-electron chi connectivity index (χ4n) is 1.36. The van der Waals surface area contributed by atoms with Gasteiger partial charge in [0, 0.05) is 13.6 Å². The van der Waals surface area contributed by atoms with Crippen molar-refractivity contribution in [2.24, 2.45) is 0 Å². The van der Waals surface area contributed by atoms with Crippen LogP contribution in [0.5, 0.6) is 0 Å². The molecule has 1 rings (SSSR count). The van der Waals surface area contributed by atoms with Crippen molar-refractivity contribution in [2.75, 3.05) is 20.1 Å². The van der Waals surface area contributed by atoms with Gasteiger partial charge in [-0.3, -0.25) is 9.59 Å². The van der Waals surface area contributed by atoms with E-state index in [0.717, 1.165) is 6.42 Å². The summed E-state index contributed by atoms with van der Waals surface area (Å²) >= 11 is 3.14. The molecule has 17 heavy (non-hydrogen) atoms. The zero-order chi connectivity index (χ0) is 12.8. The van der Waals surface area contributed by atoms with E-state index in [1.54, 1.807) is 19.2 Å². The monoisotopic (exact) mass is 302 g/mol. The quantitative estimate of drug-likeness (QED) is 0.899. The average molecular weight is 303 g/mol. The van der Waals surface area contributed by atoms with E-state index in [-0.39, 0.29) is 24.1 Å². The topological polar surface area (TPSA) is 62.6 Å². The van der Waals surface area contributed by atoms with Crippen molar-refractivity contribution in [3.05, 3.63) is 22.6 Å². The van der Waals surface area contributed by atoms with Crippen molar-refractivity contribution in [3.8, 4) is 0 Å². The molecule has 0 unspecified atom stereocenters. The second-order valence-electron chi connectivity index (χ2n) is 3.50. The van der Waals surface area contributed by atoms with Crippen LogP contribution in [0.25, 0.3) is 0 Å². The van der Waals surface area contributed by atoms with Gasteiger partial charge in [-0.2, -0.15) is 0 Å². The fraction of sp³-hybridized carbons (Fsp3) is 0.455. The molecule has 0 fully saturated rings. The summed E-state index contributed by atoms with van der Waals surface area (Å²) in [6.45, 7) is 2.51. The van der Waals surface area contributed by atoms with Crippen molar-refractivity contribution in [1.82, 2.24) is 10.2 Å². The molecule has 1 heterocycles. The highest BCUT2D eigenvalue weighted by Gasteiger charge is 2.20. The van der Waals surface area contributed by atoms with E-state index in [0.29, 0.717) is 11.2 Å². The average Bonchev–Trinajstić information content (AvgIpc) is 2.74. The first-order valence-electron chi connectivity index (χ1n) is 5.33. The predicted molar refractivity (Wildman–Crippen MR) is 66.7 cm³/mol. The molecule has 1 aromatic rings. The Morgan fingerprint density at radius 3 is 2.65 bits per heavy atom. The number of nitrogens with one attached hydrogen (secondary N) is 1. The van der Waals surface area contributed by atoms with Gasteiger partial charge >= 0.3 is 0 Å². The molecule has 0 bridgehead atoms. The summed E-state index contributed by atoms with van der Waals surface area (Å²) in [5.74, 6) is -0.243. The van der Waals surface area contributed by atoms with Crippen LogP contribution >= 0.6 is 15.9 Å². The second kappa shape index (κ2) is 6.44. The molecule has 0 radical (unpaired) electrons. The number of carbonyl (C=O) groups is 2. The fourth-order valence-corrected chi connectivity index (χ4v) is 1.67. The summed E-state index contributed by atoms with van der Waals surface area (Å²) in [5.41, 5.74) is 0. The molecule has 2 amide bonds. The lowest BCUT2D eigenvalue weighted by molar-refractivity contribution is -0.121. The molecule has 94 valence electrons. The van der Waals surface area contributed by atoms with Crippen molar-refractivity contribution in [1.29, 1.82) is 0 Å². The maximum Gasteiger partial charge on any atom is 0.290 e. The van der Waals surface area contributed by atoms with Crippen LogP contribution in [0.2, 0.25) is 0 Å². The predicted octanol–water partition coefficient (Wildman–Crippen LogP) is 1.64. The molecule has 5 nitrogen and oxygen atoms in total. The first-order chi connectivity index (χ1) is 8.08. The maximum absolute atomic E-state index is 12.0. The van der Waals surface area contributed by atoms with E-state index in [2.05, 4.69) is 21.2 Å². The number of rotatable bonds is 5. The lowest BCUT2D eigenvalue weighted by atomic mass is 10.3. The van der Waals surface area contributed by atoms with Gasteiger partial charge in [0.15, 0.2) is 10.4 Å². The van der Waals surface area contributed by atoms with Gasteiger partial charge in [0.1, 0.15) is 0 Å². The van der Waals surface area contributed by atoms with Crippen LogP contribution < -0.4 is 5.32 Å². The van der Waals surface area contributed by atoms with Crippen LogP contribution in [-0.2, 0) is 4.79 Å². The molecule has 6 heteroatoms. The van der Waals surface area contributed by atoms with E-state index < -0.39 is 0 Å². The molecule has 0 atom stereocenters. The molecule has 0 aliphatic heterocycles. The molecule has 0 spiro atoms. The number of amides is 2. The van der Waals surface area contributed by atoms with Crippen molar-refractivity contribution >= 4 is 27.7 Å². The van der Waals surface area contributed by atoms with Crippen LogP contribution in [0.4, 0.5) is 0 Å². The van der Waals surface area contributed by atoms with Gasteiger partial charge in [-0.1, -0.05) is 6.92 Å². The third-order valence-electron chi connectivity index (χ3n) is 2.18. The smallest absolute Gasteiger partial charge is 0.290 e. The van der Waals surface area contributed by atoms with Gasteiger partial charge in [-0.15, -0.1) is 0 Å². The number of furan rings is 1. The number of nitrogens with zero attached hydrogens (tertiary/aromatic N) is 1. The Hall–Kier alpha value is -1.30. The molecular formula is C11H15BrN2O3. The Bertz CT molecular complexity index is 403. The van der Waals surface area contributed by atoms with E-state index >= 15 is 0 Å². The number of halogens is 1. The first-order valence-corrected chi connectivity index (χ1v) is 6.13. The Morgan fingerprint density at radius 1 is 1.47 bits per heavy atom. The maximum atomic E-state index is 12.0. The SMILES string of the molecule is CCCN(CC(=O)NC)C(=O)c1ccc(Br)o1. The highest BCUT2D eigenvalue weighted by molar-refractivity contribution is 9.10. The number of likely N-dealkylation sites (N-methyl/N-ethyl adjacent to an activating group) is 1. The molecule has 0 saturated carbocycles. The third kappa shape index (κ3) is 3.89. The molecule has 0 aliphatic carbocycles. The molecule has 0 saturated heterocycles. The Morgan fingerprint density at radius 2 is 2.18 bits per heavy atom. The highest BCUT2D eigenvalue weighted by Crippen LogP contribution is 2.15. The minimum absolute atomic E-state index is 0.0431. The van der Waals surface area contributed by atoms with Gasteiger partial charge in [-0.25, -0.2) is 0 Å². The van der Waals surface area contributed by atoms with E-state index in [9.17, 15) is 9.59 Å². The van der Waals surface area contributed by atoms with Gasteiger partial charge in [-0.05, 0) is 34.5 Å². The Balaban J connectivity index is 2.76. The molecule has 0 aliphatic rings. The Labute approximate surface area is 108 Å². The number of hydrogen-bond acceptors (Lipinski definition) is 3. The van der Waals surface area contributed by atoms with Crippen molar-refractivity contribution in [2.45, 2.75) is 13.3 Å². The van der Waals surface area contributed by atoms with Crippen LogP contribution in [-0.4, -0.2) is 36.9 Å². The lowest BCUT2D eigenvalue weighted by Gasteiger charge is -2.19. The van der Waals surface area contributed by atoms with Crippen LogP contribution in [0, 0.1) is 0 Å². The summed E-state index contributed by atoms with van der Waals surface area (Å²) in [7, 11) is 1.54. The number of hydrogen-bond donors (Lipinski definition) is 1. The molecular weight excluding hydrogens is 288 g/mol. The van der Waals surface area contributed by atoms with E-state index in [1.165, 1.54) is 4.90 Å². The summed E-state index contributed by atoms with van der Waals surface area (Å²) < 4.78 is 5.68. The van der Waals surface area contributed by atoms with Crippen LogP contribution in [0.1, 0.15) is 23.9 Å². The zero-order valence-corrected chi connectivity index (χ0v) is 11.4. The molecule has 1 N–H and O–H groups in total. The molecule has 1 aromatic heterocycles. The van der Waals surface area contributed by atoms with Crippen molar-refractivity contribution < 1.29 is 14.0 Å². The highest BCUT2D eigenvalue weighted by atomic mass is 79.9. The third-order valence-corrected chi connectivity index (χ3v) is 2.60. The summed E-state index contributed by atoms with van der Waals surface area (Å²) in [6, 6.07) is 3.23. The first kappa shape index (κ1) is 13.8. The second-order valence-corrected chi connectivity index (χ2v) is 4.29. The van der Waals surface area contributed by atoms with E-state index in [4.69, 9.17) is 4.42 Å². The largest absolute Gasteiger partial charge is 0.444 e. The number of carbonyl (C=O) groups excluding carboxylic acids is 2. The normalized spacial score (nSPS) is 10.1. The Kier molecular flexibility index (Phi) is 5.21. The summed E-state index contributed by atoms with van der Waals surface area (Å²) in [6.07, 6.45) is 0.782. The van der Waals surface area contributed by atoms with Gasteiger partial charge in [0.25, 0.3) is 5.91 Å². The summed E-state index contributed by atoms with van der Waals surface area (Å²) in [5, 5.41) is 2.49. The molecule has 0 aromatic carbocycles. The lowest BCUT2D eigenvalue weighted by Crippen LogP contribution is -2.39. The standard InChI is InChI=1S/C11H15BrN2O3/c1-3-6-14(7-10(15)13-2)11(16)8-4-5-9(12)17-8/h4-5H,3,6-7H2,1-2H3,(H,13,15). The minimum atomic E-state index is -0.277. The van der Waals surface area contributed by atoms with Crippen LogP contribution in [0.3, 0.4) is 0 Å². The van der Waals surface area contributed by atoms with E-state index in [1.807, 2.05) is 6.92 Å². The van der Waals surface area contributed by atoms with Crippen LogP contribution in [0.15, 0.2) is 21.2 Å². The minimum Gasteiger partial charge on any atom is -0.444 e. The van der Waals surface area contributed by atoms with Crippen molar-refractivity contribution in [3.63, 3.8) is 0 Å². The van der Waals surface area contributed by atoms with Gasteiger partial charge in [0.2, 0.25) is 5.91 Å².